The van der Waals surface area contributed by atoms with Gasteiger partial charge in [0.2, 0.25) is 5.91 Å². The zero-order valence-electron chi connectivity index (χ0n) is 13.5. The van der Waals surface area contributed by atoms with Crippen LogP contribution in [0.2, 0.25) is 0 Å². The first-order chi connectivity index (χ1) is 11.8. The predicted molar refractivity (Wildman–Crippen MR) is 101 cm³/mol. The van der Waals surface area contributed by atoms with Gasteiger partial charge in [-0.2, -0.15) is 0 Å². The fourth-order valence-electron chi connectivity index (χ4n) is 2.50. The average molecular weight is 337 g/mol. The molecule has 122 valence electrons. The molecule has 0 aliphatic carbocycles. The summed E-state index contributed by atoms with van der Waals surface area (Å²) in [5.74, 6) is 1.01. The number of nitrogens with one attached hydrogen (secondary N) is 1. The third-order valence-corrected chi connectivity index (χ3v) is 4.64. The van der Waals surface area contributed by atoms with Crippen molar-refractivity contribution < 1.29 is 9.53 Å². The molecule has 0 fully saturated rings. The van der Waals surface area contributed by atoms with Crippen LogP contribution in [-0.2, 0) is 4.79 Å². The third-order valence-electron chi connectivity index (χ3n) is 3.57. The monoisotopic (exact) mass is 337 g/mol. The second-order valence-electron chi connectivity index (χ2n) is 5.24. The minimum atomic E-state index is -0.0416. The lowest BCUT2D eigenvalue weighted by Gasteiger charge is -2.11. The molecule has 3 nitrogen and oxygen atoms in total. The van der Waals surface area contributed by atoms with Crippen LogP contribution in [-0.4, -0.2) is 18.3 Å². The molecule has 0 spiro atoms. The van der Waals surface area contributed by atoms with Crippen molar-refractivity contribution in [3.05, 3.63) is 66.7 Å². The molecule has 3 aromatic carbocycles. The molecule has 3 rings (SSSR count). The SMILES string of the molecule is CCOc1ccccc1NC(=O)CSc1cccc2ccccc12. The Morgan fingerprint density at radius 1 is 1.00 bits per heavy atom. The molecule has 0 aliphatic rings. The van der Waals surface area contributed by atoms with Crippen molar-refractivity contribution in [3.8, 4) is 5.75 Å². The van der Waals surface area contributed by atoms with Gasteiger partial charge in [-0.05, 0) is 35.9 Å². The minimum Gasteiger partial charge on any atom is -0.492 e. The lowest BCUT2D eigenvalue weighted by atomic mass is 10.1. The number of para-hydroxylation sites is 2. The summed E-state index contributed by atoms with van der Waals surface area (Å²) in [5, 5.41) is 5.29. The van der Waals surface area contributed by atoms with Crippen molar-refractivity contribution in [1.82, 2.24) is 0 Å². The van der Waals surface area contributed by atoms with Crippen molar-refractivity contribution >= 4 is 34.1 Å². The average Bonchev–Trinajstić information content (AvgIpc) is 2.62. The Morgan fingerprint density at radius 3 is 2.62 bits per heavy atom. The molecule has 3 aromatic rings. The predicted octanol–water partition coefficient (Wildman–Crippen LogP) is 4.97. The molecule has 0 atom stereocenters. The van der Waals surface area contributed by atoms with Crippen LogP contribution in [0.3, 0.4) is 0 Å². The number of hydrogen-bond acceptors (Lipinski definition) is 3. The summed E-state index contributed by atoms with van der Waals surface area (Å²) in [6, 6.07) is 21.8. The third kappa shape index (κ3) is 3.89. The first-order valence-electron chi connectivity index (χ1n) is 7.90. The van der Waals surface area contributed by atoms with E-state index in [2.05, 4.69) is 29.6 Å². The van der Waals surface area contributed by atoms with E-state index < -0.39 is 0 Å². The Hall–Kier alpha value is -2.46. The van der Waals surface area contributed by atoms with E-state index in [1.165, 1.54) is 10.8 Å². The maximum atomic E-state index is 12.3. The molecule has 0 saturated heterocycles. The summed E-state index contributed by atoms with van der Waals surface area (Å²) in [4.78, 5) is 13.4. The van der Waals surface area contributed by atoms with Crippen LogP contribution in [0, 0.1) is 0 Å². The number of amides is 1. The van der Waals surface area contributed by atoms with Gasteiger partial charge in [-0.15, -0.1) is 11.8 Å². The van der Waals surface area contributed by atoms with E-state index in [1.54, 1.807) is 11.8 Å². The first-order valence-corrected chi connectivity index (χ1v) is 8.88. The number of rotatable bonds is 6. The Bertz CT molecular complexity index is 842. The minimum absolute atomic E-state index is 0.0416. The smallest absolute Gasteiger partial charge is 0.234 e. The van der Waals surface area contributed by atoms with Gasteiger partial charge in [-0.3, -0.25) is 4.79 Å². The number of benzene rings is 3. The van der Waals surface area contributed by atoms with Crippen LogP contribution in [0.1, 0.15) is 6.92 Å². The maximum absolute atomic E-state index is 12.3. The van der Waals surface area contributed by atoms with Gasteiger partial charge in [0.1, 0.15) is 5.75 Å². The Kier molecular flexibility index (Phi) is 5.39. The molecule has 0 radical (unpaired) electrons. The van der Waals surface area contributed by atoms with E-state index in [1.807, 2.05) is 49.4 Å². The van der Waals surface area contributed by atoms with Crippen LogP contribution in [0.15, 0.2) is 71.6 Å². The fourth-order valence-corrected chi connectivity index (χ4v) is 3.38. The molecule has 0 heterocycles. The number of carbonyl (C=O) groups is 1. The summed E-state index contributed by atoms with van der Waals surface area (Å²) in [5.41, 5.74) is 0.711. The summed E-state index contributed by atoms with van der Waals surface area (Å²) in [6.45, 7) is 2.49. The molecular formula is C20H19NO2S. The first kappa shape index (κ1) is 16.4. The van der Waals surface area contributed by atoms with Gasteiger partial charge in [-0.1, -0.05) is 48.5 Å². The molecule has 4 heteroatoms. The molecule has 0 aromatic heterocycles. The summed E-state index contributed by atoms with van der Waals surface area (Å²) in [7, 11) is 0. The fraction of sp³-hybridized carbons (Fsp3) is 0.150. The van der Waals surface area contributed by atoms with Crippen molar-refractivity contribution in [2.24, 2.45) is 0 Å². The van der Waals surface area contributed by atoms with Gasteiger partial charge in [-0.25, -0.2) is 0 Å². The van der Waals surface area contributed by atoms with E-state index in [9.17, 15) is 4.79 Å². The molecule has 0 saturated carbocycles. The highest BCUT2D eigenvalue weighted by atomic mass is 32.2. The highest BCUT2D eigenvalue weighted by Gasteiger charge is 2.09. The topological polar surface area (TPSA) is 38.3 Å². The van der Waals surface area contributed by atoms with Crippen molar-refractivity contribution in [1.29, 1.82) is 0 Å². The molecule has 0 aliphatic heterocycles. The highest BCUT2D eigenvalue weighted by molar-refractivity contribution is 8.00. The van der Waals surface area contributed by atoms with Crippen LogP contribution >= 0.6 is 11.8 Å². The number of anilines is 1. The largest absolute Gasteiger partial charge is 0.492 e. The molecule has 24 heavy (non-hydrogen) atoms. The highest BCUT2D eigenvalue weighted by Crippen LogP contribution is 2.28. The van der Waals surface area contributed by atoms with Gasteiger partial charge in [0.05, 0.1) is 18.0 Å². The van der Waals surface area contributed by atoms with Crippen molar-refractivity contribution in [3.63, 3.8) is 0 Å². The van der Waals surface area contributed by atoms with Crippen LogP contribution in [0.25, 0.3) is 10.8 Å². The van der Waals surface area contributed by atoms with Crippen LogP contribution < -0.4 is 10.1 Å². The Labute approximate surface area is 146 Å². The maximum Gasteiger partial charge on any atom is 0.234 e. The summed E-state index contributed by atoms with van der Waals surface area (Å²) in [6.07, 6.45) is 0. The van der Waals surface area contributed by atoms with Gasteiger partial charge in [0.25, 0.3) is 0 Å². The van der Waals surface area contributed by atoms with E-state index in [0.29, 0.717) is 23.8 Å². The molecule has 0 unspecified atom stereocenters. The standard InChI is InChI=1S/C20H19NO2S/c1-2-23-18-12-6-5-11-17(18)21-20(22)14-24-19-13-7-9-15-8-3-4-10-16(15)19/h3-13H,2,14H2,1H3,(H,21,22). The van der Waals surface area contributed by atoms with E-state index >= 15 is 0 Å². The summed E-state index contributed by atoms with van der Waals surface area (Å²) >= 11 is 1.54. The van der Waals surface area contributed by atoms with Gasteiger partial charge < -0.3 is 10.1 Å². The van der Waals surface area contributed by atoms with Gasteiger partial charge in [0, 0.05) is 4.90 Å². The zero-order valence-corrected chi connectivity index (χ0v) is 14.3. The molecule has 1 amide bonds. The van der Waals surface area contributed by atoms with Gasteiger partial charge in [0.15, 0.2) is 0 Å². The number of fused-ring (bicyclic) bond motifs is 1. The van der Waals surface area contributed by atoms with E-state index in [4.69, 9.17) is 4.74 Å². The molecule has 0 bridgehead atoms. The molecule has 1 N–H and O–H groups in total. The number of thioether (sulfide) groups is 1. The van der Waals surface area contributed by atoms with E-state index in [-0.39, 0.29) is 5.91 Å². The lowest BCUT2D eigenvalue weighted by Crippen LogP contribution is -2.14. The summed E-state index contributed by atoms with van der Waals surface area (Å²) < 4.78 is 5.54. The van der Waals surface area contributed by atoms with Crippen LogP contribution in [0.5, 0.6) is 5.75 Å². The molecular weight excluding hydrogens is 318 g/mol. The van der Waals surface area contributed by atoms with Crippen LogP contribution in [0.4, 0.5) is 5.69 Å². The Balaban J connectivity index is 1.67. The zero-order chi connectivity index (χ0) is 16.8. The van der Waals surface area contributed by atoms with Gasteiger partial charge >= 0.3 is 0 Å². The Morgan fingerprint density at radius 2 is 1.75 bits per heavy atom. The number of carbonyl (C=O) groups excluding carboxylic acids is 1. The number of ether oxygens (including phenoxy) is 1. The number of hydrogen-bond donors (Lipinski definition) is 1. The van der Waals surface area contributed by atoms with Crippen molar-refractivity contribution in [2.45, 2.75) is 11.8 Å². The lowest BCUT2D eigenvalue weighted by molar-refractivity contribution is -0.113. The quantitative estimate of drug-likeness (QED) is 0.645. The second kappa shape index (κ2) is 7.88. The van der Waals surface area contributed by atoms with E-state index in [0.717, 1.165) is 4.90 Å². The normalized spacial score (nSPS) is 10.5. The van der Waals surface area contributed by atoms with Crippen molar-refractivity contribution in [2.75, 3.05) is 17.7 Å². The second-order valence-corrected chi connectivity index (χ2v) is 6.26.